The molecule has 1 aliphatic rings. The summed E-state index contributed by atoms with van der Waals surface area (Å²) in [4.78, 5) is 15.1. The van der Waals surface area contributed by atoms with Crippen molar-refractivity contribution >= 4 is 42.9 Å². The van der Waals surface area contributed by atoms with Gasteiger partial charge in [0.15, 0.2) is 0 Å². The van der Waals surface area contributed by atoms with Crippen LogP contribution in [-0.4, -0.2) is 31.8 Å². The van der Waals surface area contributed by atoms with E-state index in [1.807, 2.05) is 30.3 Å². The van der Waals surface area contributed by atoms with Crippen LogP contribution < -0.4 is 11.0 Å². The van der Waals surface area contributed by atoms with Gasteiger partial charge in [-0.25, -0.2) is 4.79 Å². The molecule has 6 nitrogen and oxygen atoms in total. The van der Waals surface area contributed by atoms with Crippen LogP contribution in [0.15, 0.2) is 44.1 Å². The monoisotopic (exact) mass is 523 g/mol. The Morgan fingerprint density at radius 3 is 2.93 bits per heavy atom. The summed E-state index contributed by atoms with van der Waals surface area (Å²) < 4.78 is 3.30. The molecule has 0 bridgehead atoms. The molecule has 0 saturated heterocycles. The van der Waals surface area contributed by atoms with Gasteiger partial charge in [0, 0.05) is 28.7 Å². The summed E-state index contributed by atoms with van der Waals surface area (Å²) in [5.74, 6) is 0.264. The standard InChI is InChI=1S/C21H23Br2N3O3/c1-11(5-6-12-9-13(22)10-15(23)19(12)27)24-17-7-8-26-18-14(20(17)28)3-2-4-16(18)25-21(26)29/h2-4,9-11,17,20,24,27-28H,5-8H2,1H3,(H,25,29). The van der Waals surface area contributed by atoms with Gasteiger partial charge in [0.25, 0.3) is 0 Å². The summed E-state index contributed by atoms with van der Waals surface area (Å²) >= 11 is 6.83. The lowest BCUT2D eigenvalue weighted by molar-refractivity contribution is 0.119. The number of aryl methyl sites for hydroxylation is 2. The smallest absolute Gasteiger partial charge is 0.326 e. The summed E-state index contributed by atoms with van der Waals surface area (Å²) in [5.41, 5.74) is 3.07. The molecule has 1 aromatic heterocycles. The molecule has 0 saturated carbocycles. The minimum absolute atomic E-state index is 0.127. The van der Waals surface area contributed by atoms with Gasteiger partial charge in [-0.1, -0.05) is 28.1 Å². The SMILES string of the molecule is CC(CCc1cc(Br)cc(Br)c1O)NC1CCn2c(=O)[nH]c3cccc(c32)C1O. The van der Waals surface area contributed by atoms with E-state index in [2.05, 4.69) is 49.1 Å². The van der Waals surface area contributed by atoms with E-state index in [1.165, 1.54) is 0 Å². The van der Waals surface area contributed by atoms with E-state index in [0.29, 0.717) is 23.9 Å². The van der Waals surface area contributed by atoms with Crippen molar-refractivity contribution < 1.29 is 10.2 Å². The van der Waals surface area contributed by atoms with Crippen LogP contribution in [-0.2, 0) is 13.0 Å². The molecule has 1 aliphatic heterocycles. The summed E-state index contributed by atoms with van der Waals surface area (Å²) in [6, 6.07) is 9.33. The Kier molecular flexibility index (Phi) is 5.88. The first-order chi connectivity index (χ1) is 13.8. The van der Waals surface area contributed by atoms with Gasteiger partial charge < -0.3 is 20.5 Å². The molecule has 0 spiro atoms. The van der Waals surface area contributed by atoms with E-state index < -0.39 is 6.10 Å². The van der Waals surface area contributed by atoms with E-state index in [-0.39, 0.29) is 23.5 Å². The fourth-order valence-electron chi connectivity index (χ4n) is 4.15. The van der Waals surface area contributed by atoms with Crippen molar-refractivity contribution in [3.8, 4) is 5.75 Å². The van der Waals surface area contributed by atoms with E-state index in [0.717, 1.165) is 33.1 Å². The van der Waals surface area contributed by atoms with Gasteiger partial charge in [0.1, 0.15) is 5.75 Å². The Bertz CT molecular complexity index is 1110. The second-order valence-electron chi connectivity index (χ2n) is 7.67. The lowest BCUT2D eigenvalue weighted by Crippen LogP contribution is -2.41. The number of imidazole rings is 1. The number of phenolic OH excluding ortho intramolecular Hbond substituents is 1. The zero-order chi connectivity index (χ0) is 20.7. The third-order valence-corrected chi connectivity index (χ3v) is 6.70. The van der Waals surface area contributed by atoms with Crippen molar-refractivity contribution in [2.24, 2.45) is 0 Å². The Labute approximate surface area is 185 Å². The van der Waals surface area contributed by atoms with Crippen LogP contribution in [0.3, 0.4) is 0 Å². The average Bonchev–Trinajstić information content (AvgIpc) is 2.93. The number of benzene rings is 2. The Hall–Kier alpha value is -1.61. The number of rotatable bonds is 5. The average molecular weight is 525 g/mol. The van der Waals surface area contributed by atoms with Crippen LogP contribution in [0.25, 0.3) is 11.0 Å². The molecule has 0 radical (unpaired) electrons. The molecule has 4 N–H and O–H groups in total. The highest BCUT2D eigenvalue weighted by Gasteiger charge is 2.29. The fourth-order valence-corrected chi connectivity index (χ4v) is 5.46. The number of phenols is 1. The minimum Gasteiger partial charge on any atom is -0.506 e. The number of hydrogen-bond acceptors (Lipinski definition) is 4. The van der Waals surface area contributed by atoms with E-state index in [4.69, 9.17) is 0 Å². The molecule has 0 amide bonds. The quantitative estimate of drug-likeness (QED) is 0.406. The van der Waals surface area contributed by atoms with Crippen LogP contribution in [0.5, 0.6) is 5.75 Å². The first-order valence-electron chi connectivity index (χ1n) is 9.67. The molecule has 154 valence electrons. The number of aromatic amines is 1. The lowest BCUT2D eigenvalue weighted by Gasteiger charge is -2.26. The second-order valence-corrected chi connectivity index (χ2v) is 9.44. The highest BCUT2D eigenvalue weighted by Crippen LogP contribution is 2.33. The largest absolute Gasteiger partial charge is 0.506 e. The molecule has 3 atom stereocenters. The van der Waals surface area contributed by atoms with Gasteiger partial charge in [-0.2, -0.15) is 0 Å². The van der Waals surface area contributed by atoms with Gasteiger partial charge in [-0.15, -0.1) is 0 Å². The number of hydrogen-bond donors (Lipinski definition) is 4. The lowest BCUT2D eigenvalue weighted by atomic mass is 9.98. The molecule has 4 rings (SSSR count). The number of nitrogens with one attached hydrogen (secondary N) is 2. The Morgan fingerprint density at radius 2 is 2.14 bits per heavy atom. The van der Waals surface area contributed by atoms with Crippen LogP contribution >= 0.6 is 31.9 Å². The fraction of sp³-hybridized carbons (Fsp3) is 0.381. The van der Waals surface area contributed by atoms with Crippen molar-refractivity contribution in [3.05, 3.63) is 60.9 Å². The van der Waals surface area contributed by atoms with E-state index in [9.17, 15) is 15.0 Å². The van der Waals surface area contributed by atoms with Crippen molar-refractivity contribution in [2.75, 3.05) is 0 Å². The maximum absolute atomic E-state index is 12.3. The number of aromatic nitrogens is 2. The second kappa shape index (κ2) is 8.26. The predicted molar refractivity (Wildman–Crippen MR) is 120 cm³/mol. The number of H-pyrrole nitrogens is 1. The van der Waals surface area contributed by atoms with Crippen molar-refractivity contribution in [3.63, 3.8) is 0 Å². The van der Waals surface area contributed by atoms with Gasteiger partial charge in [0.05, 0.1) is 21.6 Å². The van der Waals surface area contributed by atoms with Crippen molar-refractivity contribution in [1.82, 2.24) is 14.9 Å². The first-order valence-corrected chi connectivity index (χ1v) is 11.3. The maximum atomic E-state index is 12.3. The van der Waals surface area contributed by atoms with Gasteiger partial charge in [0.2, 0.25) is 0 Å². The normalized spacial score (nSPS) is 20.0. The molecular formula is C21H23Br2N3O3. The van der Waals surface area contributed by atoms with Gasteiger partial charge >= 0.3 is 5.69 Å². The third kappa shape index (κ3) is 4.03. The molecule has 8 heteroatoms. The number of halogens is 2. The highest BCUT2D eigenvalue weighted by molar-refractivity contribution is 9.11. The number of para-hydroxylation sites is 1. The Morgan fingerprint density at radius 1 is 1.34 bits per heavy atom. The molecule has 3 unspecified atom stereocenters. The third-order valence-electron chi connectivity index (χ3n) is 5.64. The Balaban J connectivity index is 1.48. The van der Waals surface area contributed by atoms with Gasteiger partial charge in [-0.05, 0) is 65.9 Å². The van der Waals surface area contributed by atoms with E-state index >= 15 is 0 Å². The molecule has 2 heterocycles. The molecule has 0 aliphatic carbocycles. The molecular weight excluding hydrogens is 502 g/mol. The van der Waals surface area contributed by atoms with Crippen molar-refractivity contribution in [1.29, 1.82) is 0 Å². The molecule has 2 aromatic carbocycles. The van der Waals surface area contributed by atoms with Crippen LogP contribution in [0.4, 0.5) is 0 Å². The highest BCUT2D eigenvalue weighted by atomic mass is 79.9. The summed E-state index contributed by atoms with van der Waals surface area (Å²) in [7, 11) is 0. The summed E-state index contributed by atoms with van der Waals surface area (Å²) in [6.45, 7) is 2.63. The molecule has 0 fully saturated rings. The number of aromatic hydroxyl groups is 1. The minimum atomic E-state index is -0.696. The summed E-state index contributed by atoms with van der Waals surface area (Å²) in [6.07, 6.45) is 1.46. The molecule has 3 aromatic rings. The predicted octanol–water partition coefficient (Wildman–Crippen LogP) is 3.98. The summed E-state index contributed by atoms with van der Waals surface area (Å²) in [5, 5.41) is 24.8. The topological polar surface area (TPSA) is 90.3 Å². The molecule has 29 heavy (non-hydrogen) atoms. The van der Waals surface area contributed by atoms with Crippen LogP contribution in [0, 0.1) is 0 Å². The number of aliphatic hydroxyl groups is 1. The zero-order valence-corrected chi connectivity index (χ0v) is 19.1. The first kappa shape index (κ1) is 20.7. The van der Waals surface area contributed by atoms with E-state index in [1.54, 1.807) is 4.57 Å². The van der Waals surface area contributed by atoms with Gasteiger partial charge in [-0.3, -0.25) is 4.57 Å². The van der Waals surface area contributed by atoms with Crippen LogP contribution in [0.2, 0.25) is 0 Å². The van der Waals surface area contributed by atoms with Crippen LogP contribution in [0.1, 0.15) is 37.0 Å². The maximum Gasteiger partial charge on any atom is 0.326 e. The van der Waals surface area contributed by atoms with Crippen molar-refractivity contribution in [2.45, 2.75) is 50.9 Å². The number of aliphatic hydroxyl groups excluding tert-OH is 1. The zero-order valence-electron chi connectivity index (χ0n) is 16.0. The number of nitrogens with zero attached hydrogens (tertiary/aromatic N) is 1.